The van der Waals surface area contributed by atoms with E-state index < -0.39 is 0 Å². The van der Waals surface area contributed by atoms with Crippen molar-refractivity contribution in [3.8, 4) is 0 Å². The number of carbonyl (C=O) groups excluding carboxylic acids is 1. The van der Waals surface area contributed by atoms with E-state index in [-0.39, 0.29) is 17.4 Å². The summed E-state index contributed by atoms with van der Waals surface area (Å²) in [5.41, 5.74) is 5.71. The fourth-order valence-corrected chi connectivity index (χ4v) is 3.28. The Kier molecular flexibility index (Phi) is 4.28. The summed E-state index contributed by atoms with van der Waals surface area (Å²) in [6.07, 6.45) is 5.34. The van der Waals surface area contributed by atoms with Gasteiger partial charge in [0, 0.05) is 25.1 Å². The molecule has 0 aromatic heterocycles. The molecule has 1 amide bonds. The van der Waals surface area contributed by atoms with Gasteiger partial charge in [-0.1, -0.05) is 13.3 Å². The van der Waals surface area contributed by atoms with Gasteiger partial charge in [0.2, 0.25) is 5.91 Å². The average molecular weight is 254 g/mol. The molecule has 4 nitrogen and oxygen atoms in total. The van der Waals surface area contributed by atoms with Crippen molar-refractivity contribution in [3.05, 3.63) is 0 Å². The zero-order chi connectivity index (χ0) is 13.2. The molecule has 1 aliphatic carbocycles. The van der Waals surface area contributed by atoms with E-state index in [0.717, 1.165) is 45.3 Å². The van der Waals surface area contributed by atoms with E-state index in [0.29, 0.717) is 12.0 Å². The number of hydrogen-bond acceptors (Lipinski definition) is 3. The van der Waals surface area contributed by atoms with E-state index >= 15 is 0 Å². The summed E-state index contributed by atoms with van der Waals surface area (Å²) in [7, 11) is 0. The Hall–Kier alpha value is -0.610. The lowest BCUT2D eigenvalue weighted by Crippen LogP contribution is -2.48. The molecule has 1 aliphatic heterocycles. The first kappa shape index (κ1) is 13.8. The van der Waals surface area contributed by atoms with Crippen LogP contribution in [0.4, 0.5) is 0 Å². The number of amides is 1. The second kappa shape index (κ2) is 5.57. The molecule has 2 rings (SSSR count). The van der Waals surface area contributed by atoms with Crippen LogP contribution in [-0.4, -0.2) is 31.2 Å². The molecule has 0 aromatic carbocycles. The van der Waals surface area contributed by atoms with Crippen molar-refractivity contribution in [3.63, 3.8) is 0 Å². The van der Waals surface area contributed by atoms with Crippen LogP contribution in [0.5, 0.6) is 0 Å². The molecule has 4 atom stereocenters. The van der Waals surface area contributed by atoms with Crippen LogP contribution in [-0.2, 0) is 9.53 Å². The average Bonchev–Trinajstić information content (AvgIpc) is 2.94. The second-order valence-corrected chi connectivity index (χ2v) is 5.99. The van der Waals surface area contributed by atoms with Crippen molar-refractivity contribution < 1.29 is 9.53 Å². The Balaban J connectivity index is 1.84. The van der Waals surface area contributed by atoms with Gasteiger partial charge in [0.1, 0.15) is 0 Å². The molecule has 3 N–H and O–H groups in total. The molecule has 0 radical (unpaired) electrons. The quantitative estimate of drug-likeness (QED) is 0.798. The van der Waals surface area contributed by atoms with E-state index in [2.05, 4.69) is 12.2 Å². The molecule has 1 heterocycles. The van der Waals surface area contributed by atoms with Crippen LogP contribution in [0, 0.1) is 11.3 Å². The molecule has 0 aromatic rings. The summed E-state index contributed by atoms with van der Waals surface area (Å²) >= 11 is 0. The van der Waals surface area contributed by atoms with Crippen molar-refractivity contribution in [2.75, 3.05) is 13.2 Å². The van der Waals surface area contributed by atoms with Gasteiger partial charge in [-0.3, -0.25) is 4.79 Å². The van der Waals surface area contributed by atoms with Crippen LogP contribution >= 0.6 is 0 Å². The third-order valence-corrected chi connectivity index (χ3v) is 4.82. The maximum Gasteiger partial charge on any atom is 0.227 e. The van der Waals surface area contributed by atoms with Gasteiger partial charge in [-0.15, -0.1) is 0 Å². The number of nitrogens with one attached hydrogen (secondary N) is 1. The SMILES string of the molecule is CCC1OCCC1CNC(=O)C1(C)CCCC1N. The summed E-state index contributed by atoms with van der Waals surface area (Å²) in [4.78, 5) is 12.3. The number of rotatable bonds is 4. The van der Waals surface area contributed by atoms with Gasteiger partial charge in [-0.05, 0) is 32.6 Å². The third-order valence-electron chi connectivity index (χ3n) is 4.82. The Labute approximate surface area is 110 Å². The minimum Gasteiger partial charge on any atom is -0.378 e. The molecule has 1 saturated heterocycles. The molecule has 104 valence electrons. The fourth-order valence-electron chi connectivity index (χ4n) is 3.28. The summed E-state index contributed by atoms with van der Waals surface area (Å²) in [6.45, 7) is 5.71. The first-order valence-corrected chi connectivity index (χ1v) is 7.23. The lowest BCUT2D eigenvalue weighted by molar-refractivity contribution is -0.130. The molecule has 2 fully saturated rings. The molecule has 2 aliphatic rings. The van der Waals surface area contributed by atoms with Gasteiger partial charge in [0.25, 0.3) is 0 Å². The number of ether oxygens (including phenoxy) is 1. The van der Waals surface area contributed by atoms with Crippen molar-refractivity contribution >= 4 is 5.91 Å². The largest absolute Gasteiger partial charge is 0.378 e. The van der Waals surface area contributed by atoms with Gasteiger partial charge >= 0.3 is 0 Å². The Morgan fingerprint density at radius 2 is 2.28 bits per heavy atom. The second-order valence-electron chi connectivity index (χ2n) is 5.99. The first-order chi connectivity index (χ1) is 8.58. The lowest BCUT2D eigenvalue weighted by atomic mass is 9.84. The zero-order valence-electron chi connectivity index (χ0n) is 11.6. The fraction of sp³-hybridized carbons (Fsp3) is 0.929. The summed E-state index contributed by atoms with van der Waals surface area (Å²) in [6, 6.07) is 0.0132. The predicted molar refractivity (Wildman–Crippen MR) is 71.1 cm³/mol. The van der Waals surface area contributed by atoms with Crippen LogP contribution in [0.3, 0.4) is 0 Å². The molecular formula is C14H26N2O2. The normalized spacial score (nSPS) is 40.1. The predicted octanol–water partition coefficient (Wildman–Crippen LogP) is 1.44. The van der Waals surface area contributed by atoms with Crippen molar-refractivity contribution in [2.45, 2.75) is 58.1 Å². The summed E-state index contributed by atoms with van der Waals surface area (Å²) in [5.74, 6) is 0.606. The molecule has 18 heavy (non-hydrogen) atoms. The molecule has 4 heteroatoms. The molecule has 1 saturated carbocycles. The highest BCUT2D eigenvalue weighted by Gasteiger charge is 2.43. The van der Waals surface area contributed by atoms with Gasteiger partial charge in [-0.25, -0.2) is 0 Å². The number of carbonyl (C=O) groups is 1. The minimum atomic E-state index is -0.360. The van der Waals surface area contributed by atoms with E-state index in [1.165, 1.54) is 0 Å². The van der Waals surface area contributed by atoms with Crippen molar-refractivity contribution in [1.82, 2.24) is 5.32 Å². The maximum atomic E-state index is 12.3. The first-order valence-electron chi connectivity index (χ1n) is 7.23. The van der Waals surface area contributed by atoms with E-state index in [1.54, 1.807) is 0 Å². The van der Waals surface area contributed by atoms with E-state index in [4.69, 9.17) is 10.5 Å². The van der Waals surface area contributed by atoms with Crippen molar-refractivity contribution in [2.24, 2.45) is 17.1 Å². The standard InChI is InChI=1S/C14H26N2O2/c1-3-11-10(6-8-18-11)9-16-13(17)14(2)7-4-5-12(14)15/h10-12H,3-9,15H2,1-2H3,(H,16,17). The van der Waals surface area contributed by atoms with Crippen LogP contribution in [0.25, 0.3) is 0 Å². The number of hydrogen-bond donors (Lipinski definition) is 2. The topological polar surface area (TPSA) is 64.3 Å². The maximum absolute atomic E-state index is 12.3. The van der Waals surface area contributed by atoms with Gasteiger partial charge in [-0.2, -0.15) is 0 Å². The monoisotopic (exact) mass is 254 g/mol. The minimum absolute atomic E-state index is 0.0132. The smallest absolute Gasteiger partial charge is 0.227 e. The van der Waals surface area contributed by atoms with Crippen LogP contribution < -0.4 is 11.1 Å². The zero-order valence-corrected chi connectivity index (χ0v) is 11.6. The third kappa shape index (κ3) is 2.54. The number of nitrogens with two attached hydrogens (primary N) is 1. The Morgan fingerprint density at radius 1 is 1.50 bits per heavy atom. The Bertz CT molecular complexity index is 308. The summed E-state index contributed by atoms with van der Waals surface area (Å²) < 4.78 is 5.64. The van der Waals surface area contributed by atoms with Gasteiger partial charge in [0.15, 0.2) is 0 Å². The summed E-state index contributed by atoms with van der Waals surface area (Å²) in [5, 5.41) is 3.10. The molecule has 0 spiro atoms. The molecule has 4 unspecified atom stereocenters. The van der Waals surface area contributed by atoms with E-state index in [1.807, 2.05) is 6.92 Å². The van der Waals surface area contributed by atoms with Crippen LogP contribution in [0.15, 0.2) is 0 Å². The highest BCUT2D eigenvalue weighted by Crippen LogP contribution is 2.37. The van der Waals surface area contributed by atoms with Crippen LogP contribution in [0.2, 0.25) is 0 Å². The highest BCUT2D eigenvalue weighted by atomic mass is 16.5. The van der Waals surface area contributed by atoms with E-state index in [9.17, 15) is 4.79 Å². The lowest BCUT2D eigenvalue weighted by Gasteiger charge is -2.28. The molecule has 0 bridgehead atoms. The molecular weight excluding hydrogens is 228 g/mol. The van der Waals surface area contributed by atoms with Gasteiger partial charge in [0.05, 0.1) is 11.5 Å². The Morgan fingerprint density at radius 3 is 2.89 bits per heavy atom. The van der Waals surface area contributed by atoms with Crippen molar-refractivity contribution in [1.29, 1.82) is 0 Å². The highest BCUT2D eigenvalue weighted by molar-refractivity contribution is 5.83. The van der Waals surface area contributed by atoms with Gasteiger partial charge < -0.3 is 15.8 Å². The van der Waals surface area contributed by atoms with Crippen LogP contribution in [0.1, 0.15) is 46.0 Å².